The summed E-state index contributed by atoms with van der Waals surface area (Å²) in [5.74, 6) is -0.115. The molecule has 0 saturated heterocycles. The maximum Gasteiger partial charge on any atom is 0.282 e. The summed E-state index contributed by atoms with van der Waals surface area (Å²) >= 11 is 5.49. The van der Waals surface area contributed by atoms with Crippen LogP contribution in [0, 0.1) is 0 Å². The summed E-state index contributed by atoms with van der Waals surface area (Å²) in [7, 11) is 0. The first-order valence-corrected chi connectivity index (χ1v) is 4.55. The van der Waals surface area contributed by atoms with E-state index in [9.17, 15) is 13.6 Å². The van der Waals surface area contributed by atoms with Gasteiger partial charge in [-0.25, -0.2) is 13.5 Å². The molecule has 0 saturated carbocycles. The number of hydrogen-bond donors (Lipinski definition) is 1. The van der Waals surface area contributed by atoms with E-state index >= 15 is 0 Å². The second-order valence-electron chi connectivity index (χ2n) is 2.89. The van der Waals surface area contributed by atoms with Crippen molar-refractivity contribution in [3.8, 4) is 5.82 Å². The molecule has 0 radical (unpaired) electrons. The average molecular weight is 247 g/mol. The third kappa shape index (κ3) is 1.94. The molecule has 0 spiro atoms. The van der Waals surface area contributed by atoms with Crippen LogP contribution >= 0.6 is 11.6 Å². The van der Waals surface area contributed by atoms with Crippen LogP contribution in [0.4, 0.5) is 8.78 Å². The minimum absolute atomic E-state index is 0.0648. The molecule has 2 aromatic rings. The Kier molecular flexibility index (Phi) is 2.69. The lowest BCUT2D eigenvalue weighted by molar-refractivity contribution is 0.145. The molecular weight excluding hydrogens is 242 g/mol. The average Bonchev–Trinajstić information content (AvgIpc) is 2.66. The number of nitrogens with one attached hydrogen (secondary N) is 1. The first kappa shape index (κ1) is 10.7. The summed E-state index contributed by atoms with van der Waals surface area (Å²) in [5.41, 5.74) is -0.927. The maximum atomic E-state index is 12.3. The molecule has 2 heterocycles. The molecule has 0 aromatic carbocycles. The van der Waals surface area contributed by atoms with E-state index in [0.29, 0.717) is 0 Å². The van der Waals surface area contributed by atoms with E-state index in [-0.39, 0.29) is 11.0 Å². The Morgan fingerprint density at radius 3 is 2.81 bits per heavy atom. The highest BCUT2D eigenvalue weighted by atomic mass is 35.5. The quantitative estimate of drug-likeness (QED) is 0.874. The van der Waals surface area contributed by atoms with E-state index in [4.69, 9.17) is 11.6 Å². The molecule has 84 valence electrons. The zero-order valence-electron chi connectivity index (χ0n) is 7.69. The van der Waals surface area contributed by atoms with Crippen LogP contribution in [0.2, 0.25) is 5.15 Å². The van der Waals surface area contributed by atoms with Gasteiger partial charge >= 0.3 is 0 Å². The Labute approximate surface area is 92.7 Å². The smallest absolute Gasteiger partial charge is 0.282 e. The number of hydrogen-bond acceptors (Lipinski definition) is 3. The monoisotopic (exact) mass is 246 g/mol. The molecule has 2 rings (SSSR count). The summed E-state index contributed by atoms with van der Waals surface area (Å²) in [4.78, 5) is 11.4. The highest BCUT2D eigenvalue weighted by Crippen LogP contribution is 2.16. The van der Waals surface area contributed by atoms with Crippen LogP contribution in [0.1, 0.15) is 12.1 Å². The van der Waals surface area contributed by atoms with E-state index in [1.807, 2.05) is 0 Å². The van der Waals surface area contributed by atoms with Gasteiger partial charge in [0.15, 0.2) is 0 Å². The second kappa shape index (κ2) is 4.01. The van der Waals surface area contributed by atoms with Gasteiger partial charge in [-0.1, -0.05) is 11.6 Å². The van der Waals surface area contributed by atoms with Crippen molar-refractivity contribution in [3.63, 3.8) is 0 Å². The molecule has 0 atom stereocenters. The van der Waals surface area contributed by atoms with Gasteiger partial charge in [0.25, 0.3) is 6.43 Å². The Morgan fingerprint density at radius 2 is 2.25 bits per heavy atom. The van der Waals surface area contributed by atoms with Crippen LogP contribution in [0.25, 0.3) is 5.82 Å². The lowest BCUT2D eigenvalue weighted by Gasteiger charge is -1.98. The molecule has 1 N–H and O–H groups in total. The van der Waals surface area contributed by atoms with Crippen LogP contribution in [0.3, 0.4) is 0 Å². The fourth-order valence-corrected chi connectivity index (χ4v) is 1.25. The lowest BCUT2D eigenvalue weighted by atomic mass is 10.5. The van der Waals surface area contributed by atoms with Crippen LogP contribution in [0.5, 0.6) is 0 Å². The molecule has 0 aliphatic carbocycles. The third-order valence-corrected chi connectivity index (χ3v) is 1.99. The lowest BCUT2D eigenvalue weighted by Crippen LogP contribution is -2.14. The van der Waals surface area contributed by atoms with Crippen molar-refractivity contribution >= 4 is 11.6 Å². The fraction of sp³-hybridized carbons (Fsp3) is 0.125. The van der Waals surface area contributed by atoms with Crippen LogP contribution in [0.15, 0.2) is 23.1 Å². The summed E-state index contributed by atoms with van der Waals surface area (Å²) in [6.07, 6.45) is -1.46. The molecule has 0 fully saturated rings. The summed E-state index contributed by atoms with van der Waals surface area (Å²) in [6, 6.07) is 2.20. The number of aromatic amines is 1. The van der Waals surface area contributed by atoms with Gasteiger partial charge in [-0.05, 0) is 6.07 Å². The standard InChI is InChI=1S/C8H5ClF2N4O/c9-6-3-5(16)8(13-12-6)15-2-1-4(14-15)7(10)11/h1-3,7H,(H,12,16). The molecule has 2 aromatic heterocycles. The molecule has 5 nitrogen and oxygen atoms in total. The van der Waals surface area contributed by atoms with Gasteiger partial charge in [-0.3, -0.25) is 9.89 Å². The molecule has 16 heavy (non-hydrogen) atoms. The summed E-state index contributed by atoms with van der Waals surface area (Å²) in [5, 5.41) is 9.53. The van der Waals surface area contributed by atoms with Crippen molar-refractivity contribution in [1.82, 2.24) is 20.0 Å². The fourth-order valence-electron chi connectivity index (χ4n) is 1.11. The highest BCUT2D eigenvalue weighted by molar-refractivity contribution is 6.29. The van der Waals surface area contributed by atoms with Crippen LogP contribution < -0.4 is 5.43 Å². The second-order valence-corrected chi connectivity index (χ2v) is 3.30. The van der Waals surface area contributed by atoms with E-state index in [1.54, 1.807) is 0 Å². The number of halogens is 3. The maximum absolute atomic E-state index is 12.3. The molecule has 0 aliphatic rings. The minimum atomic E-state index is -2.69. The summed E-state index contributed by atoms with van der Waals surface area (Å²) in [6.45, 7) is 0. The molecule has 0 aliphatic heterocycles. The van der Waals surface area contributed by atoms with Crippen molar-refractivity contribution in [1.29, 1.82) is 0 Å². The van der Waals surface area contributed by atoms with Crippen molar-refractivity contribution in [3.05, 3.63) is 39.4 Å². The third-order valence-electron chi connectivity index (χ3n) is 1.80. The van der Waals surface area contributed by atoms with Crippen molar-refractivity contribution in [2.24, 2.45) is 0 Å². The zero-order chi connectivity index (χ0) is 11.7. The molecule has 0 unspecified atom stereocenters. The largest absolute Gasteiger partial charge is 0.286 e. The van der Waals surface area contributed by atoms with Crippen LogP contribution in [-0.2, 0) is 0 Å². The number of rotatable bonds is 2. The number of nitrogens with zero attached hydrogens (tertiary/aromatic N) is 3. The van der Waals surface area contributed by atoms with E-state index in [1.165, 1.54) is 6.20 Å². The predicted molar refractivity (Wildman–Crippen MR) is 51.9 cm³/mol. The van der Waals surface area contributed by atoms with E-state index in [0.717, 1.165) is 16.8 Å². The highest BCUT2D eigenvalue weighted by Gasteiger charge is 2.13. The predicted octanol–water partition coefficient (Wildman–Crippen LogP) is 1.55. The molecular formula is C8H5ClF2N4O. The Morgan fingerprint density at radius 1 is 1.50 bits per heavy atom. The van der Waals surface area contributed by atoms with Crippen molar-refractivity contribution in [2.45, 2.75) is 6.43 Å². The number of alkyl halides is 2. The number of H-pyrrole nitrogens is 1. The number of aromatic nitrogens is 4. The topological polar surface area (TPSA) is 63.6 Å². The van der Waals surface area contributed by atoms with Gasteiger partial charge in [0.1, 0.15) is 10.8 Å². The minimum Gasteiger partial charge on any atom is -0.286 e. The van der Waals surface area contributed by atoms with Crippen LogP contribution in [-0.4, -0.2) is 20.0 Å². The first-order valence-electron chi connectivity index (χ1n) is 4.17. The van der Waals surface area contributed by atoms with Gasteiger partial charge < -0.3 is 0 Å². The Hall–Kier alpha value is -1.76. The normalized spacial score (nSPS) is 11.0. The van der Waals surface area contributed by atoms with E-state index in [2.05, 4.69) is 15.3 Å². The molecule has 8 heteroatoms. The van der Waals surface area contributed by atoms with Gasteiger partial charge in [-0.15, -0.1) is 0 Å². The Balaban J connectivity index is 2.47. The van der Waals surface area contributed by atoms with Gasteiger partial charge in [0.05, 0.1) is 0 Å². The SMILES string of the molecule is O=c1cc(Cl)[nH]nc1-n1ccc(C(F)F)n1. The van der Waals surface area contributed by atoms with E-state index < -0.39 is 17.5 Å². The zero-order valence-corrected chi connectivity index (χ0v) is 8.45. The van der Waals surface area contributed by atoms with Crippen molar-refractivity contribution in [2.75, 3.05) is 0 Å². The van der Waals surface area contributed by atoms with Gasteiger partial charge in [0.2, 0.25) is 11.2 Å². The Bertz CT molecular complexity index is 565. The molecule has 0 amide bonds. The van der Waals surface area contributed by atoms with Gasteiger partial charge in [0, 0.05) is 12.3 Å². The first-order chi connectivity index (χ1) is 7.58. The van der Waals surface area contributed by atoms with Gasteiger partial charge in [-0.2, -0.15) is 10.2 Å². The molecule has 0 bridgehead atoms. The summed E-state index contributed by atoms with van der Waals surface area (Å²) < 4.78 is 25.5. The van der Waals surface area contributed by atoms with Crippen molar-refractivity contribution < 1.29 is 8.78 Å².